The number of nitrogens with one attached hydrogen (secondary N) is 1. The average molecular weight is 431 g/mol. The van der Waals surface area contributed by atoms with Crippen LogP contribution >= 0.6 is 0 Å². The van der Waals surface area contributed by atoms with Crippen LogP contribution in [0.3, 0.4) is 0 Å². The highest BCUT2D eigenvalue weighted by Gasteiger charge is 2.24. The van der Waals surface area contributed by atoms with Crippen molar-refractivity contribution in [3.8, 4) is 17.2 Å². The number of methoxy groups -OCH3 is 1. The quantitative estimate of drug-likeness (QED) is 0.442. The monoisotopic (exact) mass is 431 g/mol. The maximum absolute atomic E-state index is 13.0. The van der Waals surface area contributed by atoms with Gasteiger partial charge in [0, 0.05) is 23.4 Å². The predicted molar refractivity (Wildman–Crippen MR) is 118 cm³/mol. The van der Waals surface area contributed by atoms with E-state index in [1.54, 1.807) is 79.9 Å². The number of fused-ring (bicyclic) bond motifs is 1. The van der Waals surface area contributed by atoms with Gasteiger partial charge >= 0.3 is 5.97 Å². The highest BCUT2D eigenvalue weighted by atomic mass is 16.7. The number of ether oxygens (including phenoxy) is 4. The van der Waals surface area contributed by atoms with E-state index in [1.165, 1.54) is 6.08 Å². The summed E-state index contributed by atoms with van der Waals surface area (Å²) in [6, 6.07) is 21.1. The van der Waals surface area contributed by atoms with Crippen LogP contribution in [0.1, 0.15) is 17.2 Å². The van der Waals surface area contributed by atoms with E-state index in [0.29, 0.717) is 28.5 Å². The summed E-state index contributed by atoms with van der Waals surface area (Å²) in [7, 11) is 1.54. The van der Waals surface area contributed by atoms with Crippen molar-refractivity contribution >= 4 is 23.6 Å². The van der Waals surface area contributed by atoms with E-state index in [1.807, 2.05) is 6.07 Å². The molecule has 0 fully saturated rings. The second-order valence-corrected chi connectivity index (χ2v) is 6.89. The Labute approximate surface area is 185 Å². The van der Waals surface area contributed by atoms with E-state index in [-0.39, 0.29) is 6.79 Å². The standard InChI is InChI=1S/C25H21NO6/c1-29-20-9-5-8-19(15-20)26-25(28)24(18-6-3-2-4-7-18)32-23(27)13-11-17-10-12-21-22(14-17)31-16-30-21/h2-15,24H,16H2,1H3,(H,26,28)/b13-11+/t24-/m0/s1. The first-order chi connectivity index (χ1) is 15.6. The first-order valence-electron chi connectivity index (χ1n) is 9.90. The number of carbonyl (C=O) groups excluding carboxylic acids is 2. The Morgan fingerprint density at radius 1 is 0.969 bits per heavy atom. The number of carbonyl (C=O) groups is 2. The van der Waals surface area contributed by atoms with Crippen LogP contribution in [0.15, 0.2) is 78.9 Å². The second kappa shape index (κ2) is 9.70. The largest absolute Gasteiger partial charge is 0.497 e. The van der Waals surface area contributed by atoms with E-state index >= 15 is 0 Å². The predicted octanol–water partition coefficient (Wildman–Crippen LogP) is 4.36. The van der Waals surface area contributed by atoms with Crippen LogP contribution in [0, 0.1) is 0 Å². The van der Waals surface area contributed by atoms with E-state index < -0.39 is 18.0 Å². The summed E-state index contributed by atoms with van der Waals surface area (Å²) in [4.78, 5) is 25.5. The molecule has 7 heteroatoms. The number of hydrogen-bond donors (Lipinski definition) is 1. The SMILES string of the molecule is COc1cccc(NC(=O)[C@@H](OC(=O)/C=C/c2ccc3c(c2)OCO3)c2ccccc2)c1. The van der Waals surface area contributed by atoms with Gasteiger partial charge < -0.3 is 24.3 Å². The van der Waals surface area contributed by atoms with Crippen molar-refractivity contribution in [2.45, 2.75) is 6.10 Å². The molecule has 0 bridgehead atoms. The zero-order valence-corrected chi connectivity index (χ0v) is 17.3. The highest BCUT2D eigenvalue weighted by molar-refractivity contribution is 5.97. The summed E-state index contributed by atoms with van der Waals surface area (Å²) < 4.78 is 21.3. The lowest BCUT2D eigenvalue weighted by atomic mass is 10.1. The fourth-order valence-electron chi connectivity index (χ4n) is 3.15. The third kappa shape index (κ3) is 5.07. The highest BCUT2D eigenvalue weighted by Crippen LogP contribution is 2.32. The van der Waals surface area contributed by atoms with Crippen molar-refractivity contribution in [1.29, 1.82) is 0 Å². The fourth-order valence-corrected chi connectivity index (χ4v) is 3.15. The summed E-state index contributed by atoms with van der Waals surface area (Å²) in [5, 5.41) is 2.77. The van der Waals surface area contributed by atoms with Gasteiger partial charge in [-0.05, 0) is 35.9 Å². The Balaban J connectivity index is 1.49. The van der Waals surface area contributed by atoms with Crippen LogP contribution in [0.25, 0.3) is 6.08 Å². The molecule has 1 amide bonds. The second-order valence-electron chi connectivity index (χ2n) is 6.89. The fraction of sp³-hybridized carbons (Fsp3) is 0.120. The van der Waals surface area contributed by atoms with Gasteiger partial charge in [-0.3, -0.25) is 4.79 Å². The molecule has 162 valence electrons. The minimum Gasteiger partial charge on any atom is -0.497 e. The number of esters is 1. The van der Waals surface area contributed by atoms with E-state index in [0.717, 1.165) is 5.56 Å². The molecule has 0 spiro atoms. The van der Waals surface area contributed by atoms with Crippen molar-refractivity contribution in [3.63, 3.8) is 0 Å². The van der Waals surface area contributed by atoms with Crippen LogP contribution in [0.2, 0.25) is 0 Å². The maximum atomic E-state index is 13.0. The zero-order chi connectivity index (χ0) is 22.3. The lowest BCUT2D eigenvalue weighted by molar-refractivity contribution is -0.149. The molecule has 0 radical (unpaired) electrons. The molecule has 32 heavy (non-hydrogen) atoms. The van der Waals surface area contributed by atoms with Gasteiger partial charge in [0.25, 0.3) is 5.91 Å². The Morgan fingerprint density at radius 3 is 2.59 bits per heavy atom. The van der Waals surface area contributed by atoms with Crippen LogP contribution in [-0.4, -0.2) is 25.8 Å². The van der Waals surface area contributed by atoms with Gasteiger partial charge in [-0.2, -0.15) is 0 Å². The zero-order valence-electron chi connectivity index (χ0n) is 17.3. The lowest BCUT2D eigenvalue weighted by Crippen LogP contribution is -2.25. The van der Waals surface area contributed by atoms with Crippen molar-refractivity contribution in [1.82, 2.24) is 0 Å². The van der Waals surface area contributed by atoms with Gasteiger partial charge in [-0.1, -0.05) is 42.5 Å². The molecule has 0 aliphatic carbocycles. The molecular formula is C25H21NO6. The molecule has 7 nitrogen and oxygen atoms in total. The van der Waals surface area contributed by atoms with Crippen molar-refractivity contribution in [2.24, 2.45) is 0 Å². The molecule has 0 unspecified atom stereocenters. The Kier molecular flexibility index (Phi) is 6.36. The molecule has 0 aromatic heterocycles. The van der Waals surface area contributed by atoms with E-state index in [4.69, 9.17) is 18.9 Å². The Morgan fingerprint density at radius 2 is 1.78 bits per heavy atom. The number of rotatable bonds is 7. The van der Waals surface area contributed by atoms with Crippen LogP contribution in [0.5, 0.6) is 17.2 Å². The van der Waals surface area contributed by atoms with Crippen LogP contribution < -0.4 is 19.5 Å². The molecule has 3 aromatic carbocycles. The third-order valence-corrected chi connectivity index (χ3v) is 4.72. The lowest BCUT2D eigenvalue weighted by Gasteiger charge is -2.17. The van der Waals surface area contributed by atoms with Gasteiger partial charge in [0.2, 0.25) is 12.9 Å². The molecule has 3 aromatic rings. The van der Waals surface area contributed by atoms with Crippen molar-refractivity contribution < 1.29 is 28.5 Å². The van der Waals surface area contributed by atoms with Crippen molar-refractivity contribution in [3.05, 3.63) is 90.0 Å². The minimum absolute atomic E-state index is 0.172. The summed E-state index contributed by atoms with van der Waals surface area (Å²) in [5.41, 5.74) is 1.82. The normalized spacial score (nSPS) is 12.9. The molecule has 0 saturated carbocycles. The molecule has 0 saturated heterocycles. The summed E-state index contributed by atoms with van der Waals surface area (Å²) >= 11 is 0. The number of hydrogen-bond acceptors (Lipinski definition) is 6. The maximum Gasteiger partial charge on any atom is 0.331 e. The number of benzene rings is 3. The summed E-state index contributed by atoms with van der Waals surface area (Å²) in [5.74, 6) is 0.734. The van der Waals surface area contributed by atoms with Gasteiger partial charge in [0.05, 0.1) is 7.11 Å². The van der Waals surface area contributed by atoms with Gasteiger partial charge in [-0.25, -0.2) is 4.79 Å². The molecule has 4 rings (SSSR count). The Hall–Kier alpha value is -4.26. The van der Waals surface area contributed by atoms with Crippen molar-refractivity contribution in [2.75, 3.05) is 19.2 Å². The minimum atomic E-state index is -1.13. The van der Waals surface area contributed by atoms with E-state index in [9.17, 15) is 9.59 Å². The number of amides is 1. The molecule has 1 heterocycles. The molecule has 1 aliphatic heterocycles. The molecule has 1 atom stereocenters. The summed E-state index contributed by atoms with van der Waals surface area (Å²) in [6.07, 6.45) is 1.73. The Bertz CT molecular complexity index is 1140. The molecular weight excluding hydrogens is 410 g/mol. The smallest absolute Gasteiger partial charge is 0.331 e. The topological polar surface area (TPSA) is 83.1 Å². The molecule has 1 aliphatic rings. The third-order valence-electron chi connectivity index (χ3n) is 4.72. The summed E-state index contributed by atoms with van der Waals surface area (Å²) in [6.45, 7) is 0.172. The van der Waals surface area contributed by atoms with Gasteiger partial charge in [0.15, 0.2) is 11.5 Å². The number of anilines is 1. The first kappa shape index (κ1) is 21.0. The molecule has 1 N–H and O–H groups in total. The van der Waals surface area contributed by atoms with Crippen LogP contribution in [0.4, 0.5) is 5.69 Å². The van der Waals surface area contributed by atoms with Crippen LogP contribution in [-0.2, 0) is 14.3 Å². The van der Waals surface area contributed by atoms with Gasteiger partial charge in [-0.15, -0.1) is 0 Å². The van der Waals surface area contributed by atoms with E-state index in [2.05, 4.69) is 5.32 Å². The first-order valence-corrected chi connectivity index (χ1v) is 9.90. The average Bonchev–Trinajstić information content (AvgIpc) is 3.30. The van der Waals surface area contributed by atoms with Gasteiger partial charge in [0.1, 0.15) is 5.75 Å².